The van der Waals surface area contributed by atoms with Crippen LogP contribution in [0.15, 0.2) is 72.9 Å². The first kappa shape index (κ1) is 21.0. The van der Waals surface area contributed by atoms with E-state index in [0.29, 0.717) is 23.0 Å². The molecule has 0 saturated carbocycles. The van der Waals surface area contributed by atoms with Crippen LogP contribution in [0.4, 0.5) is 5.69 Å². The molecule has 0 bridgehead atoms. The van der Waals surface area contributed by atoms with Crippen LogP contribution < -0.4 is 14.8 Å². The summed E-state index contributed by atoms with van der Waals surface area (Å²) in [6.07, 6.45) is 1.76. The van der Waals surface area contributed by atoms with Gasteiger partial charge in [0.1, 0.15) is 11.5 Å². The van der Waals surface area contributed by atoms with Crippen LogP contribution in [-0.2, 0) is 0 Å². The highest BCUT2D eigenvalue weighted by Crippen LogP contribution is 2.22. The fourth-order valence-corrected chi connectivity index (χ4v) is 3.05. The Bertz CT molecular complexity index is 1190. The van der Waals surface area contributed by atoms with Crippen molar-refractivity contribution in [2.45, 2.75) is 26.9 Å². The zero-order chi connectivity index (χ0) is 22.5. The second-order valence-electron chi connectivity index (χ2n) is 7.34. The van der Waals surface area contributed by atoms with Crippen LogP contribution in [0.3, 0.4) is 0 Å². The van der Waals surface area contributed by atoms with E-state index in [1.165, 1.54) is 0 Å². The summed E-state index contributed by atoms with van der Waals surface area (Å²) in [4.78, 5) is 16.9. The molecule has 0 aliphatic carbocycles. The Labute approximate surface area is 185 Å². The number of rotatable bonds is 7. The SMILES string of the molecule is Cc1c(C(=O)Nc2ccc(Oc3ccccn3)cc2)nnn1-c1ccc(OC(C)C)cc1. The summed E-state index contributed by atoms with van der Waals surface area (Å²) in [5.74, 6) is 1.55. The molecular weight excluding hydrogens is 406 g/mol. The van der Waals surface area contributed by atoms with Gasteiger partial charge in [0.05, 0.1) is 17.5 Å². The first-order valence-corrected chi connectivity index (χ1v) is 10.2. The summed E-state index contributed by atoms with van der Waals surface area (Å²) in [6, 6.07) is 19.9. The highest BCUT2D eigenvalue weighted by atomic mass is 16.5. The number of nitrogens with one attached hydrogen (secondary N) is 1. The van der Waals surface area contributed by atoms with Crippen molar-refractivity contribution in [2.75, 3.05) is 5.32 Å². The number of anilines is 1. The van der Waals surface area contributed by atoms with E-state index in [9.17, 15) is 4.79 Å². The Morgan fingerprint density at radius 2 is 1.69 bits per heavy atom. The molecule has 8 nitrogen and oxygen atoms in total. The number of benzene rings is 2. The van der Waals surface area contributed by atoms with Gasteiger partial charge in [-0.05, 0) is 75.4 Å². The van der Waals surface area contributed by atoms with Gasteiger partial charge in [0.15, 0.2) is 5.69 Å². The van der Waals surface area contributed by atoms with Gasteiger partial charge in [0, 0.05) is 18.0 Å². The van der Waals surface area contributed by atoms with E-state index in [1.807, 2.05) is 50.2 Å². The summed E-state index contributed by atoms with van der Waals surface area (Å²) < 4.78 is 13.0. The molecule has 4 rings (SSSR count). The van der Waals surface area contributed by atoms with Crippen molar-refractivity contribution in [2.24, 2.45) is 0 Å². The van der Waals surface area contributed by atoms with Crippen LogP contribution in [-0.4, -0.2) is 32.0 Å². The third kappa shape index (κ3) is 4.92. The summed E-state index contributed by atoms with van der Waals surface area (Å²) in [6.45, 7) is 5.75. The highest BCUT2D eigenvalue weighted by molar-refractivity contribution is 6.03. The summed E-state index contributed by atoms with van der Waals surface area (Å²) in [5, 5.41) is 11.0. The Kier molecular flexibility index (Phi) is 6.12. The van der Waals surface area contributed by atoms with Gasteiger partial charge in [-0.15, -0.1) is 5.10 Å². The molecule has 2 aromatic heterocycles. The standard InChI is InChI=1S/C24H23N5O3/c1-16(2)31-20-13-9-19(10-14-20)29-17(3)23(27-28-29)24(30)26-18-7-11-21(12-8-18)32-22-6-4-5-15-25-22/h4-16H,1-3H3,(H,26,30). The van der Waals surface area contributed by atoms with Crippen molar-refractivity contribution >= 4 is 11.6 Å². The minimum Gasteiger partial charge on any atom is -0.491 e. The zero-order valence-corrected chi connectivity index (χ0v) is 18.0. The fourth-order valence-electron chi connectivity index (χ4n) is 3.05. The topological polar surface area (TPSA) is 91.2 Å². The fraction of sp³-hybridized carbons (Fsp3) is 0.167. The Morgan fingerprint density at radius 3 is 2.34 bits per heavy atom. The van der Waals surface area contributed by atoms with Crippen molar-refractivity contribution in [1.82, 2.24) is 20.0 Å². The minimum atomic E-state index is -0.341. The van der Waals surface area contributed by atoms with Crippen LogP contribution in [0.1, 0.15) is 30.0 Å². The van der Waals surface area contributed by atoms with Gasteiger partial charge in [-0.3, -0.25) is 4.79 Å². The lowest BCUT2D eigenvalue weighted by Gasteiger charge is -2.10. The maximum absolute atomic E-state index is 12.7. The first-order chi connectivity index (χ1) is 15.5. The van der Waals surface area contributed by atoms with Crippen LogP contribution in [0.25, 0.3) is 5.69 Å². The molecule has 2 heterocycles. The van der Waals surface area contributed by atoms with E-state index in [2.05, 4.69) is 20.6 Å². The van der Waals surface area contributed by atoms with Crippen LogP contribution >= 0.6 is 0 Å². The third-order valence-corrected chi connectivity index (χ3v) is 4.54. The molecule has 0 fully saturated rings. The Balaban J connectivity index is 1.43. The number of ether oxygens (including phenoxy) is 2. The van der Waals surface area contributed by atoms with E-state index in [4.69, 9.17) is 9.47 Å². The van der Waals surface area contributed by atoms with Crippen molar-refractivity contribution in [1.29, 1.82) is 0 Å². The zero-order valence-electron chi connectivity index (χ0n) is 18.0. The highest BCUT2D eigenvalue weighted by Gasteiger charge is 2.17. The Morgan fingerprint density at radius 1 is 0.969 bits per heavy atom. The number of carbonyl (C=O) groups is 1. The number of carbonyl (C=O) groups excluding carboxylic acids is 1. The van der Waals surface area contributed by atoms with Crippen LogP contribution in [0.2, 0.25) is 0 Å². The number of aromatic nitrogens is 4. The van der Waals surface area contributed by atoms with Crippen LogP contribution in [0.5, 0.6) is 17.4 Å². The molecule has 0 radical (unpaired) electrons. The average molecular weight is 429 g/mol. The molecule has 32 heavy (non-hydrogen) atoms. The second-order valence-corrected chi connectivity index (χ2v) is 7.34. The van der Waals surface area contributed by atoms with Crippen molar-refractivity contribution in [3.05, 3.63) is 84.3 Å². The number of hydrogen-bond donors (Lipinski definition) is 1. The van der Waals surface area contributed by atoms with E-state index in [1.54, 1.807) is 48.1 Å². The number of nitrogens with zero attached hydrogens (tertiary/aromatic N) is 4. The molecule has 1 amide bonds. The largest absolute Gasteiger partial charge is 0.491 e. The molecular formula is C24H23N5O3. The minimum absolute atomic E-state index is 0.0971. The number of pyridine rings is 1. The lowest BCUT2D eigenvalue weighted by molar-refractivity contribution is 0.102. The van der Waals surface area contributed by atoms with Gasteiger partial charge < -0.3 is 14.8 Å². The van der Waals surface area contributed by atoms with E-state index >= 15 is 0 Å². The summed E-state index contributed by atoms with van der Waals surface area (Å²) >= 11 is 0. The van der Waals surface area contributed by atoms with Crippen molar-refractivity contribution in [3.63, 3.8) is 0 Å². The van der Waals surface area contributed by atoms with Gasteiger partial charge >= 0.3 is 0 Å². The van der Waals surface area contributed by atoms with Gasteiger partial charge in [0.25, 0.3) is 5.91 Å². The second kappa shape index (κ2) is 9.30. The molecule has 0 aliphatic rings. The molecule has 0 saturated heterocycles. The first-order valence-electron chi connectivity index (χ1n) is 10.2. The molecule has 2 aromatic carbocycles. The number of amides is 1. The maximum atomic E-state index is 12.7. The normalized spacial score (nSPS) is 10.8. The quantitative estimate of drug-likeness (QED) is 0.454. The molecule has 162 valence electrons. The van der Waals surface area contributed by atoms with Gasteiger partial charge in [-0.1, -0.05) is 11.3 Å². The van der Waals surface area contributed by atoms with E-state index < -0.39 is 0 Å². The lowest BCUT2D eigenvalue weighted by atomic mass is 10.2. The predicted molar refractivity (Wildman–Crippen MR) is 121 cm³/mol. The molecule has 4 aromatic rings. The summed E-state index contributed by atoms with van der Waals surface area (Å²) in [5.41, 5.74) is 2.30. The van der Waals surface area contributed by atoms with Crippen molar-refractivity contribution in [3.8, 4) is 23.1 Å². The maximum Gasteiger partial charge on any atom is 0.278 e. The smallest absolute Gasteiger partial charge is 0.278 e. The van der Waals surface area contributed by atoms with Crippen LogP contribution in [0, 0.1) is 6.92 Å². The Hall–Kier alpha value is -4.20. The van der Waals surface area contributed by atoms with Gasteiger partial charge in [0.2, 0.25) is 5.88 Å². The average Bonchev–Trinajstić information content (AvgIpc) is 3.17. The molecule has 0 aliphatic heterocycles. The molecule has 0 unspecified atom stereocenters. The molecule has 1 N–H and O–H groups in total. The van der Waals surface area contributed by atoms with E-state index in [0.717, 1.165) is 11.4 Å². The molecule has 0 atom stereocenters. The number of hydrogen-bond acceptors (Lipinski definition) is 6. The third-order valence-electron chi connectivity index (χ3n) is 4.54. The monoisotopic (exact) mass is 429 g/mol. The van der Waals surface area contributed by atoms with Crippen molar-refractivity contribution < 1.29 is 14.3 Å². The predicted octanol–water partition coefficient (Wildman–Crippen LogP) is 4.80. The summed E-state index contributed by atoms with van der Waals surface area (Å²) in [7, 11) is 0. The molecule has 0 spiro atoms. The molecule has 8 heteroatoms. The lowest BCUT2D eigenvalue weighted by Crippen LogP contribution is -2.14. The van der Waals surface area contributed by atoms with Gasteiger partial charge in [-0.25, -0.2) is 9.67 Å². The van der Waals surface area contributed by atoms with Gasteiger partial charge in [-0.2, -0.15) is 0 Å². The van der Waals surface area contributed by atoms with E-state index in [-0.39, 0.29) is 17.7 Å².